The van der Waals surface area contributed by atoms with Crippen LogP contribution in [0.15, 0.2) is 85.2 Å². The summed E-state index contributed by atoms with van der Waals surface area (Å²) in [6.45, 7) is 2.52. The Kier molecular flexibility index (Phi) is 5.20. The van der Waals surface area contributed by atoms with E-state index in [-0.39, 0.29) is 11.7 Å². The van der Waals surface area contributed by atoms with Crippen LogP contribution in [-0.2, 0) is 6.54 Å². The first-order valence-electron chi connectivity index (χ1n) is 9.33. The van der Waals surface area contributed by atoms with Crippen LogP contribution < -0.4 is 5.32 Å². The third-order valence-electron chi connectivity index (χ3n) is 4.79. The van der Waals surface area contributed by atoms with Gasteiger partial charge in [0.1, 0.15) is 5.82 Å². The maximum Gasteiger partial charge on any atom is 0.256 e. The van der Waals surface area contributed by atoms with Crippen LogP contribution in [0.3, 0.4) is 0 Å². The molecule has 0 aliphatic heterocycles. The van der Waals surface area contributed by atoms with E-state index < -0.39 is 0 Å². The average Bonchev–Trinajstić information content (AvgIpc) is 3.24. The fourth-order valence-corrected chi connectivity index (χ4v) is 3.22. The molecule has 4 nitrogen and oxygen atoms in total. The Hall–Kier alpha value is -3.73. The molecule has 0 fully saturated rings. The largest absolute Gasteiger partial charge is 0.322 e. The van der Waals surface area contributed by atoms with Gasteiger partial charge in [0.05, 0.1) is 6.54 Å². The van der Waals surface area contributed by atoms with E-state index in [1.807, 2.05) is 66.3 Å². The van der Waals surface area contributed by atoms with E-state index in [4.69, 9.17) is 0 Å². The summed E-state index contributed by atoms with van der Waals surface area (Å²) in [6, 6.07) is 21.7. The molecule has 0 bridgehead atoms. The second-order valence-electron chi connectivity index (χ2n) is 6.86. The number of aryl methyl sites for hydroxylation is 1. The average molecular weight is 385 g/mol. The molecule has 29 heavy (non-hydrogen) atoms. The summed E-state index contributed by atoms with van der Waals surface area (Å²) >= 11 is 0. The van der Waals surface area contributed by atoms with Gasteiger partial charge in [0.25, 0.3) is 5.91 Å². The molecule has 0 saturated carbocycles. The number of rotatable bonds is 5. The van der Waals surface area contributed by atoms with Gasteiger partial charge in [0.2, 0.25) is 0 Å². The van der Waals surface area contributed by atoms with Crippen molar-refractivity contribution in [2.24, 2.45) is 0 Å². The van der Waals surface area contributed by atoms with Gasteiger partial charge in [-0.25, -0.2) is 4.39 Å². The molecule has 0 aliphatic rings. The number of aromatic nitrogens is 2. The van der Waals surface area contributed by atoms with Crippen LogP contribution in [-0.4, -0.2) is 15.7 Å². The number of carbonyl (C=O) groups is 1. The minimum absolute atomic E-state index is 0.269. The van der Waals surface area contributed by atoms with E-state index in [1.165, 1.54) is 12.1 Å². The molecule has 1 N–H and O–H groups in total. The van der Waals surface area contributed by atoms with Gasteiger partial charge >= 0.3 is 0 Å². The molecule has 3 aromatic carbocycles. The monoisotopic (exact) mass is 385 g/mol. The number of anilines is 1. The first-order chi connectivity index (χ1) is 14.1. The maximum absolute atomic E-state index is 13.6. The smallest absolute Gasteiger partial charge is 0.256 e. The molecule has 0 saturated heterocycles. The molecule has 5 heteroatoms. The number of nitrogens with one attached hydrogen (secondary N) is 1. The highest BCUT2D eigenvalue weighted by molar-refractivity contribution is 6.09. The first kappa shape index (κ1) is 18.6. The Morgan fingerprint density at radius 1 is 1.03 bits per heavy atom. The minimum Gasteiger partial charge on any atom is -0.322 e. The minimum atomic E-state index is -0.382. The predicted molar refractivity (Wildman–Crippen MR) is 112 cm³/mol. The second kappa shape index (κ2) is 8.10. The van der Waals surface area contributed by atoms with E-state index in [9.17, 15) is 9.18 Å². The van der Waals surface area contributed by atoms with Crippen LogP contribution in [0, 0.1) is 12.7 Å². The predicted octanol–water partition coefficient (Wildman–Crippen LogP) is 5.30. The molecular weight excluding hydrogens is 365 g/mol. The number of hydrogen-bond acceptors (Lipinski definition) is 2. The zero-order chi connectivity index (χ0) is 20.2. The Morgan fingerprint density at radius 2 is 1.83 bits per heavy atom. The summed E-state index contributed by atoms with van der Waals surface area (Å²) in [5.74, 6) is -0.651. The molecule has 1 aromatic heterocycles. The van der Waals surface area contributed by atoms with Gasteiger partial charge in [-0.3, -0.25) is 9.48 Å². The van der Waals surface area contributed by atoms with E-state index in [0.29, 0.717) is 17.8 Å². The van der Waals surface area contributed by atoms with Crippen molar-refractivity contribution in [1.82, 2.24) is 9.78 Å². The quantitative estimate of drug-likeness (QED) is 0.507. The van der Waals surface area contributed by atoms with Gasteiger partial charge < -0.3 is 5.32 Å². The lowest BCUT2D eigenvalue weighted by Gasteiger charge is -2.12. The Balaban J connectivity index is 1.59. The summed E-state index contributed by atoms with van der Waals surface area (Å²) in [5.41, 5.74) is 4.70. The van der Waals surface area contributed by atoms with Gasteiger partial charge in [-0.05, 0) is 53.4 Å². The van der Waals surface area contributed by atoms with Crippen molar-refractivity contribution in [2.45, 2.75) is 13.5 Å². The molecule has 0 aliphatic carbocycles. The van der Waals surface area contributed by atoms with E-state index >= 15 is 0 Å². The zero-order valence-corrected chi connectivity index (χ0v) is 16.0. The standard InChI is InChI=1S/C24H20FN3O/c1-17-7-12-20(25)15-23(17)27-24(29)22-6-3-2-5-21(22)19-10-8-18(9-11-19)16-28-14-4-13-26-28/h2-15H,16H2,1H3,(H,27,29). The van der Waals surface area contributed by atoms with Gasteiger partial charge in [0, 0.05) is 23.6 Å². The highest BCUT2D eigenvalue weighted by Crippen LogP contribution is 2.26. The Labute approximate surface area is 168 Å². The lowest BCUT2D eigenvalue weighted by molar-refractivity contribution is 0.102. The van der Waals surface area contributed by atoms with Crippen molar-refractivity contribution in [1.29, 1.82) is 0 Å². The number of halogens is 1. The van der Waals surface area contributed by atoms with Crippen molar-refractivity contribution in [3.05, 3.63) is 108 Å². The lowest BCUT2D eigenvalue weighted by atomic mass is 9.98. The van der Waals surface area contributed by atoms with Gasteiger partial charge in [-0.1, -0.05) is 48.5 Å². The highest BCUT2D eigenvalue weighted by atomic mass is 19.1. The van der Waals surface area contributed by atoms with Crippen molar-refractivity contribution < 1.29 is 9.18 Å². The SMILES string of the molecule is Cc1ccc(F)cc1NC(=O)c1ccccc1-c1ccc(Cn2cccn2)cc1. The fraction of sp³-hybridized carbons (Fsp3) is 0.0833. The Morgan fingerprint density at radius 3 is 2.59 bits per heavy atom. The van der Waals surface area contributed by atoms with Crippen LogP contribution in [0.4, 0.5) is 10.1 Å². The van der Waals surface area contributed by atoms with Gasteiger partial charge in [-0.2, -0.15) is 5.10 Å². The van der Waals surface area contributed by atoms with E-state index in [1.54, 1.807) is 18.3 Å². The number of hydrogen-bond donors (Lipinski definition) is 1. The summed E-state index contributed by atoms with van der Waals surface area (Å²) in [7, 11) is 0. The summed E-state index contributed by atoms with van der Waals surface area (Å²) in [4.78, 5) is 12.9. The normalized spacial score (nSPS) is 10.7. The van der Waals surface area contributed by atoms with Gasteiger partial charge in [0.15, 0.2) is 0 Å². The van der Waals surface area contributed by atoms with Crippen LogP contribution in [0.2, 0.25) is 0 Å². The molecule has 4 aromatic rings. The third-order valence-corrected chi connectivity index (χ3v) is 4.79. The molecule has 0 spiro atoms. The molecule has 1 amide bonds. The van der Waals surface area contributed by atoms with Crippen molar-refractivity contribution in [2.75, 3.05) is 5.32 Å². The molecule has 0 radical (unpaired) electrons. The van der Waals surface area contributed by atoms with Crippen molar-refractivity contribution in [3.63, 3.8) is 0 Å². The first-order valence-corrected chi connectivity index (χ1v) is 9.33. The molecule has 144 valence electrons. The zero-order valence-electron chi connectivity index (χ0n) is 16.0. The second-order valence-corrected chi connectivity index (χ2v) is 6.86. The number of carbonyl (C=O) groups excluding carboxylic acids is 1. The Bertz CT molecular complexity index is 1140. The number of amides is 1. The summed E-state index contributed by atoms with van der Waals surface area (Å²) in [6.07, 6.45) is 3.67. The van der Waals surface area contributed by atoms with Crippen molar-refractivity contribution >= 4 is 11.6 Å². The van der Waals surface area contributed by atoms with Crippen LogP contribution in [0.1, 0.15) is 21.5 Å². The lowest BCUT2D eigenvalue weighted by Crippen LogP contribution is -2.14. The summed E-state index contributed by atoms with van der Waals surface area (Å²) in [5, 5.41) is 7.05. The topological polar surface area (TPSA) is 46.9 Å². The fourth-order valence-electron chi connectivity index (χ4n) is 3.22. The maximum atomic E-state index is 13.6. The third kappa shape index (κ3) is 4.24. The molecular formula is C24H20FN3O. The number of nitrogens with zero attached hydrogens (tertiary/aromatic N) is 2. The van der Waals surface area contributed by atoms with Crippen LogP contribution in [0.5, 0.6) is 0 Å². The summed E-state index contributed by atoms with van der Waals surface area (Å²) < 4.78 is 15.4. The van der Waals surface area contributed by atoms with E-state index in [2.05, 4.69) is 10.4 Å². The van der Waals surface area contributed by atoms with Crippen LogP contribution in [0.25, 0.3) is 11.1 Å². The van der Waals surface area contributed by atoms with E-state index in [0.717, 1.165) is 22.3 Å². The highest BCUT2D eigenvalue weighted by Gasteiger charge is 2.14. The molecule has 4 rings (SSSR count). The molecule has 1 heterocycles. The van der Waals surface area contributed by atoms with Crippen molar-refractivity contribution in [3.8, 4) is 11.1 Å². The molecule has 0 atom stereocenters. The number of benzene rings is 3. The van der Waals surface area contributed by atoms with Gasteiger partial charge in [-0.15, -0.1) is 0 Å². The van der Waals surface area contributed by atoms with Crippen LogP contribution >= 0.6 is 0 Å². The molecule has 0 unspecified atom stereocenters.